The number of imide groups is 1. The molecule has 184 valence electrons. The normalized spacial score (nSPS) is 14.1. The Bertz CT molecular complexity index is 1180. The van der Waals surface area contributed by atoms with E-state index in [9.17, 15) is 19.2 Å². The number of nitrogens with zero attached hydrogens (tertiary/aromatic N) is 1. The van der Waals surface area contributed by atoms with Crippen LogP contribution in [-0.2, 0) is 19.1 Å². The van der Waals surface area contributed by atoms with Crippen molar-refractivity contribution in [3.63, 3.8) is 0 Å². The highest BCUT2D eigenvalue weighted by Gasteiger charge is 2.35. The van der Waals surface area contributed by atoms with Gasteiger partial charge in [-0.05, 0) is 72.3 Å². The molecule has 0 aromatic heterocycles. The van der Waals surface area contributed by atoms with Crippen LogP contribution in [0.4, 0.5) is 10.5 Å². The molecule has 0 saturated carbocycles. The summed E-state index contributed by atoms with van der Waals surface area (Å²) in [6.45, 7) is 3.15. The molecular formula is C24H24IN3O7. The molecule has 2 aromatic rings. The van der Waals surface area contributed by atoms with Gasteiger partial charge in [0, 0.05) is 5.69 Å². The highest BCUT2D eigenvalue weighted by Crippen LogP contribution is 2.34. The Kier molecular flexibility index (Phi) is 8.68. The molecule has 0 spiro atoms. The summed E-state index contributed by atoms with van der Waals surface area (Å²) in [4.78, 5) is 49.9. The standard InChI is InChI=1S/C24H24IN3O7/c1-4-34-21(30)13-35-22-17(25)9-15(11-19(22)33-3)10-18-23(31)28(24(32)27-18)12-20(29)26-16-7-5-14(2)6-8-16/h5-11H,4,12-13H2,1-3H3,(H,26,29)(H,27,32)/b18-10+. The van der Waals surface area contributed by atoms with Crippen molar-refractivity contribution < 1.29 is 33.4 Å². The van der Waals surface area contributed by atoms with Gasteiger partial charge in [0.1, 0.15) is 12.2 Å². The average Bonchev–Trinajstić information content (AvgIpc) is 3.07. The maximum absolute atomic E-state index is 12.8. The largest absolute Gasteiger partial charge is 0.493 e. The summed E-state index contributed by atoms with van der Waals surface area (Å²) >= 11 is 2.01. The minimum Gasteiger partial charge on any atom is -0.493 e. The number of nitrogens with one attached hydrogen (secondary N) is 2. The van der Waals surface area contributed by atoms with Crippen LogP contribution in [0.25, 0.3) is 6.08 Å². The number of hydrogen-bond donors (Lipinski definition) is 2. The van der Waals surface area contributed by atoms with E-state index in [-0.39, 0.29) is 18.9 Å². The number of amides is 4. The van der Waals surface area contributed by atoms with Crippen LogP contribution in [0.1, 0.15) is 18.1 Å². The molecule has 1 saturated heterocycles. The summed E-state index contributed by atoms with van der Waals surface area (Å²) in [6, 6.07) is 9.75. The van der Waals surface area contributed by atoms with Crippen LogP contribution in [0.5, 0.6) is 11.5 Å². The van der Waals surface area contributed by atoms with Gasteiger partial charge in [0.25, 0.3) is 5.91 Å². The summed E-state index contributed by atoms with van der Waals surface area (Å²) in [7, 11) is 1.44. The van der Waals surface area contributed by atoms with E-state index < -0.39 is 30.4 Å². The number of carbonyl (C=O) groups is 4. The van der Waals surface area contributed by atoms with E-state index in [1.807, 2.05) is 41.6 Å². The van der Waals surface area contributed by atoms with Crippen LogP contribution in [0, 0.1) is 10.5 Å². The molecule has 35 heavy (non-hydrogen) atoms. The van der Waals surface area contributed by atoms with Crippen molar-refractivity contribution in [1.82, 2.24) is 10.2 Å². The van der Waals surface area contributed by atoms with Gasteiger partial charge in [-0.15, -0.1) is 0 Å². The fourth-order valence-electron chi connectivity index (χ4n) is 3.16. The molecule has 4 amide bonds. The van der Waals surface area contributed by atoms with E-state index in [0.717, 1.165) is 10.5 Å². The minimum absolute atomic E-state index is 0.0104. The fraction of sp³-hybridized carbons (Fsp3) is 0.250. The van der Waals surface area contributed by atoms with Crippen molar-refractivity contribution in [1.29, 1.82) is 0 Å². The molecule has 1 aliphatic heterocycles. The molecule has 1 fully saturated rings. The zero-order valence-corrected chi connectivity index (χ0v) is 21.5. The number of methoxy groups -OCH3 is 1. The number of carbonyl (C=O) groups excluding carboxylic acids is 4. The van der Waals surface area contributed by atoms with Crippen LogP contribution < -0.4 is 20.1 Å². The van der Waals surface area contributed by atoms with Gasteiger partial charge in [-0.3, -0.25) is 9.59 Å². The minimum atomic E-state index is -0.698. The van der Waals surface area contributed by atoms with Gasteiger partial charge in [0.2, 0.25) is 5.91 Å². The number of hydrogen-bond acceptors (Lipinski definition) is 7. The fourth-order valence-corrected chi connectivity index (χ4v) is 3.94. The van der Waals surface area contributed by atoms with Crippen LogP contribution in [0.3, 0.4) is 0 Å². The Balaban J connectivity index is 1.72. The topological polar surface area (TPSA) is 123 Å². The van der Waals surface area contributed by atoms with Gasteiger partial charge in [-0.25, -0.2) is 14.5 Å². The number of aryl methyl sites for hydroxylation is 1. The number of ether oxygens (including phenoxy) is 3. The molecule has 0 unspecified atom stereocenters. The Hall–Kier alpha value is -3.61. The van der Waals surface area contributed by atoms with Gasteiger partial charge >= 0.3 is 12.0 Å². The predicted octanol–water partition coefficient (Wildman–Crippen LogP) is 3.08. The van der Waals surface area contributed by atoms with Crippen molar-refractivity contribution in [3.05, 3.63) is 56.8 Å². The number of halogens is 1. The first-order valence-electron chi connectivity index (χ1n) is 10.6. The van der Waals surface area contributed by atoms with Gasteiger partial charge in [-0.1, -0.05) is 17.7 Å². The smallest absolute Gasteiger partial charge is 0.344 e. The lowest BCUT2D eigenvalue weighted by Crippen LogP contribution is -2.38. The monoisotopic (exact) mass is 593 g/mol. The van der Waals surface area contributed by atoms with Gasteiger partial charge in [0.05, 0.1) is 17.3 Å². The maximum atomic E-state index is 12.8. The highest BCUT2D eigenvalue weighted by molar-refractivity contribution is 14.1. The van der Waals surface area contributed by atoms with Crippen LogP contribution >= 0.6 is 22.6 Å². The number of urea groups is 1. The third kappa shape index (κ3) is 6.72. The van der Waals surface area contributed by atoms with Crippen LogP contribution in [0.15, 0.2) is 42.1 Å². The van der Waals surface area contributed by atoms with Crippen molar-refractivity contribution in [2.75, 3.05) is 32.2 Å². The molecule has 2 N–H and O–H groups in total. The molecule has 1 heterocycles. The van der Waals surface area contributed by atoms with Crippen molar-refractivity contribution >= 4 is 58.2 Å². The number of esters is 1. The second-order valence-corrected chi connectivity index (χ2v) is 8.58. The van der Waals surface area contributed by atoms with Crippen molar-refractivity contribution in [3.8, 4) is 11.5 Å². The van der Waals surface area contributed by atoms with Crippen molar-refractivity contribution in [2.24, 2.45) is 0 Å². The second-order valence-electron chi connectivity index (χ2n) is 7.42. The second kappa shape index (κ2) is 11.7. The van der Waals surface area contributed by atoms with E-state index in [4.69, 9.17) is 14.2 Å². The maximum Gasteiger partial charge on any atom is 0.344 e. The third-order valence-electron chi connectivity index (χ3n) is 4.80. The molecule has 2 aromatic carbocycles. The number of benzene rings is 2. The lowest BCUT2D eigenvalue weighted by molar-refractivity contribution is -0.145. The van der Waals surface area contributed by atoms with E-state index in [2.05, 4.69) is 10.6 Å². The number of anilines is 1. The summed E-state index contributed by atoms with van der Waals surface area (Å²) in [5.41, 5.74) is 2.16. The summed E-state index contributed by atoms with van der Waals surface area (Å²) < 4.78 is 16.4. The number of rotatable bonds is 9. The van der Waals surface area contributed by atoms with Gasteiger partial charge < -0.3 is 24.8 Å². The van der Waals surface area contributed by atoms with Gasteiger partial charge in [-0.2, -0.15) is 0 Å². The molecule has 10 nitrogen and oxygen atoms in total. The molecule has 1 aliphatic rings. The van der Waals surface area contributed by atoms with E-state index in [1.165, 1.54) is 13.2 Å². The first-order valence-corrected chi connectivity index (χ1v) is 11.7. The molecule has 0 atom stereocenters. The summed E-state index contributed by atoms with van der Waals surface area (Å²) in [5.74, 6) is -0.968. The average molecular weight is 593 g/mol. The molecule has 0 aliphatic carbocycles. The predicted molar refractivity (Wildman–Crippen MR) is 136 cm³/mol. The Labute approximate surface area is 215 Å². The third-order valence-corrected chi connectivity index (χ3v) is 5.60. The van der Waals surface area contributed by atoms with E-state index >= 15 is 0 Å². The van der Waals surface area contributed by atoms with Crippen molar-refractivity contribution in [2.45, 2.75) is 13.8 Å². The zero-order valence-electron chi connectivity index (χ0n) is 19.3. The van der Waals surface area contributed by atoms with Crippen LogP contribution in [0.2, 0.25) is 0 Å². The SMILES string of the molecule is CCOC(=O)COc1c(I)cc(/C=C2/NC(=O)N(CC(=O)Nc3ccc(C)cc3)C2=O)cc1OC. The Morgan fingerprint density at radius 2 is 1.89 bits per heavy atom. The summed E-state index contributed by atoms with van der Waals surface area (Å²) in [5, 5.41) is 5.15. The molecular weight excluding hydrogens is 569 g/mol. The molecule has 0 bridgehead atoms. The summed E-state index contributed by atoms with van der Waals surface area (Å²) in [6.07, 6.45) is 1.47. The zero-order chi connectivity index (χ0) is 25.5. The molecule has 3 rings (SSSR count). The van der Waals surface area contributed by atoms with E-state index in [1.54, 1.807) is 31.2 Å². The van der Waals surface area contributed by atoms with Gasteiger partial charge in [0.15, 0.2) is 18.1 Å². The van der Waals surface area contributed by atoms with Crippen LogP contribution in [-0.4, -0.2) is 55.6 Å². The lowest BCUT2D eigenvalue weighted by Gasteiger charge is -2.13. The Morgan fingerprint density at radius 3 is 2.54 bits per heavy atom. The quantitative estimate of drug-likeness (QED) is 0.198. The lowest BCUT2D eigenvalue weighted by atomic mass is 10.1. The molecule has 0 radical (unpaired) electrons. The first-order chi connectivity index (χ1) is 16.7. The van der Waals surface area contributed by atoms with E-state index in [0.29, 0.717) is 26.3 Å². The first kappa shape index (κ1) is 26.0. The Morgan fingerprint density at radius 1 is 1.17 bits per heavy atom. The molecule has 11 heteroatoms. The highest BCUT2D eigenvalue weighted by atomic mass is 127.